The van der Waals surface area contributed by atoms with Crippen molar-refractivity contribution < 1.29 is 4.39 Å². The van der Waals surface area contributed by atoms with Crippen molar-refractivity contribution in [1.29, 1.82) is 0 Å². The Morgan fingerprint density at radius 3 is 2.94 bits per heavy atom. The van der Waals surface area contributed by atoms with Gasteiger partial charge in [-0.1, -0.05) is 30.2 Å². The summed E-state index contributed by atoms with van der Waals surface area (Å²) in [5, 5.41) is 0.196. The second-order valence-electron chi connectivity index (χ2n) is 5.05. The first-order valence-electron chi connectivity index (χ1n) is 6.52. The highest BCUT2D eigenvalue weighted by Gasteiger charge is 2.27. The Hall–Kier alpha value is -0.640. The second kappa shape index (κ2) is 6.00. The van der Waals surface area contributed by atoms with Crippen molar-refractivity contribution in [1.82, 2.24) is 4.90 Å². The van der Waals surface area contributed by atoms with Crippen LogP contribution < -0.4 is 5.73 Å². The van der Waals surface area contributed by atoms with E-state index in [0.717, 1.165) is 12.8 Å². The topological polar surface area (TPSA) is 29.3 Å². The lowest BCUT2D eigenvalue weighted by molar-refractivity contribution is 0.0880. The Labute approximate surface area is 113 Å². The Bertz CT molecular complexity index is 411. The molecule has 1 aromatic rings. The van der Waals surface area contributed by atoms with Crippen LogP contribution in [0, 0.1) is 5.82 Å². The van der Waals surface area contributed by atoms with Crippen molar-refractivity contribution in [3.63, 3.8) is 0 Å². The molecule has 0 spiro atoms. The Morgan fingerprint density at radius 2 is 2.22 bits per heavy atom. The largest absolute Gasteiger partial charge is 0.329 e. The standard InChI is InChI=1S/C14H20ClFN2/c1-10-4-2-6-12(8-17)18(10)9-11-5-3-7-13(15)14(11)16/h3,5,7,10,12H,2,4,6,8-9,17H2,1H3. The number of hydrogen-bond donors (Lipinski definition) is 1. The van der Waals surface area contributed by atoms with Gasteiger partial charge in [0.05, 0.1) is 5.02 Å². The first-order chi connectivity index (χ1) is 8.63. The SMILES string of the molecule is CC1CCCC(CN)N1Cc1cccc(Cl)c1F. The molecule has 1 fully saturated rings. The zero-order valence-electron chi connectivity index (χ0n) is 10.7. The van der Waals surface area contributed by atoms with E-state index in [0.29, 0.717) is 30.7 Å². The van der Waals surface area contributed by atoms with E-state index in [2.05, 4.69) is 11.8 Å². The van der Waals surface area contributed by atoms with E-state index < -0.39 is 0 Å². The fourth-order valence-corrected chi connectivity index (χ4v) is 2.94. The van der Waals surface area contributed by atoms with Gasteiger partial charge in [-0.2, -0.15) is 0 Å². The number of nitrogens with two attached hydrogens (primary N) is 1. The molecule has 0 amide bonds. The van der Waals surface area contributed by atoms with Crippen molar-refractivity contribution in [3.8, 4) is 0 Å². The molecule has 1 saturated heterocycles. The van der Waals surface area contributed by atoms with Crippen LogP contribution in [-0.2, 0) is 6.54 Å². The summed E-state index contributed by atoms with van der Waals surface area (Å²) in [4.78, 5) is 2.30. The van der Waals surface area contributed by atoms with Crippen LogP contribution >= 0.6 is 11.6 Å². The fraction of sp³-hybridized carbons (Fsp3) is 0.571. The molecule has 0 aromatic heterocycles. The summed E-state index contributed by atoms with van der Waals surface area (Å²) in [6.45, 7) is 3.41. The van der Waals surface area contributed by atoms with Crippen LogP contribution in [0.1, 0.15) is 31.7 Å². The summed E-state index contributed by atoms with van der Waals surface area (Å²) in [6, 6.07) is 5.99. The van der Waals surface area contributed by atoms with E-state index >= 15 is 0 Å². The molecule has 2 nitrogen and oxygen atoms in total. The average Bonchev–Trinajstić information content (AvgIpc) is 2.37. The normalized spacial score (nSPS) is 25.3. The van der Waals surface area contributed by atoms with E-state index in [-0.39, 0.29) is 10.8 Å². The summed E-state index contributed by atoms with van der Waals surface area (Å²) in [5.74, 6) is -0.298. The van der Waals surface area contributed by atoms with E-state index in [1.165, 1.54) is 6.42 Å². The molecular weight excluding hydrogens is 251 g/mol. The Morgan fingerprint density at radius 1 is 1.44 bits per heavy atom. The molecule has 1 aliphatic heterocycles. The third-order valence-corrected chi connectivity index (χ3v) is 4.14. The lowest BCUT2D eigenvalue weighted by Crippen LogP contribution is -2.48. The van der Waals surface area contributed by atoms with Crippen LogP contribution in [0.5, 0.6) is 0 Å². The highest BCUT2D eigenvalue weighted by atomic mass is 35.5. The van der Waals surface area contributed by atoms with Gasteiger partial charge < -0.3 is 5.73 Å². The number of rotatable bonds is 3. The van der Waals surface area contributed by atoms with Crippen LogP contribution in [0.3, 0.4) is 0 Å². The monoisotopic (exact) mass is 270 g/mol. The summed E-state index contributed by atoms with van der Waals surface area (Å²) in [5.41, 5.74) is 6.48. The minimum atomic E-state index is -0.298. The maximum absolute atomic E-state index is 13.9. The van der Waals surface area contributed by atoms with Crippen LogP contribution in [0.4, 0.5) is 4.39 Å². The summed E-state index contributed by atoms with van der Waals surface area (Å²) >= 11 is 5.82. The predicted molar refractivity (Wildman–Crippen MR) is 73.1 cm³/mol. The number of halogens is 2. The molecule has 0 bridgehead atoms. The van der Waals surface area contributed by atoms with Gasteiger partial charge in [0.2, 0.25) is 0 Å². The van der Waals surface area contributed by atoms with Gasteiger partial charge >= 0.3 is 0 Å². The molecule has 18 heavy (non-hydrogen) atoms. The van der Waals surface area contributed by atoms with Crippen LogP contribution in [0.15, 0.2) is 18.2 Å². The summed E-state index contributed by atoms with van der Waals surface area (Å²) in [6.07, 6.45) is 3.46. The highest BCUT2D eigenvalue weighted by molar-refractivity contribution is 6.30. The van der Waals surface area contributed by atoms with E-state index in [1.54, 1.807) is 18.2 Å². The minimum absolute atomic E-state index is 0.196. The molecule has 1 aromatic carbocycles. The van der Waals surface area contributed by atoms with Crippen molar-refractivity contribution in [3.05, 3.63) is 34.6 Å². The number of hydrogen-bond acceptors (Lipinski definition) is 2. The van der Waals surface area contributed by atoms with Crippen molar-refractivity contribution >= 4 is 11.6 Å². The van der Waals surface area contributed by atoms with Gasteiger partial charge in [0.1, 0.15) is 5.82 Å². The third-order valence-electron chi connectivity index (χ3n) is 3.85. The van der Waals surface area contributed by atoms with Gasteiger partial charge in [0.25, 0.3) is 0 Å². The lowest BCUT2D eigenvalue weighted by Gasteiger charge is -2.40. The highest BCUT2D eigenvalue weighted by Crippen LogP contribution is 2.26. The van der Waals surface area contributed by atoms with E-state index in [4.69, 9.17) is 17.3 Å². The smallest absolute Gasteiger partial charge is 0.146 e. The Balaban J connectivity index is 2.17. The number of nitrogens with zero attached hydrogens (tertiary/aromatic N) is 1. The zero-order valence-corrected chi connectivity index (χ0v) is 11.5. The molecule has 2 rings (SSSR count). The van der Waals surface area contributed by atoms with Gasteiger partial charge in [-0.3, -0.25) is 4.90 Å². The fourth-order valence-electron chi connectivity index (χ4n) is 2.75. The molecule has 1 aliphatic rings. The molecule has 100 valence electrons. The molecule has 2 atom stereocenters. The van der Waals surface area contributed by atoms with Gasteiger partial charge in [-0.25, -0.2) is 4.39 Å². The van der Waals surface area contributed by atoms with E-state index in [1.807, 2.05) is 0 Å². The molecule has 4 heteroatoms. The first-order valence-corrected chi connectivity index (χ1v) is 6.90. The predicted octanol–water partition coefficient (Wildman–Crippen LogP) is 3.18. The van der Waals surface area contributed by atoms with Crippen molar-refractivity contribution in [2.45, 2.75) is 44.8 Å². The van der Waals surface area contributed by atoms with Gasteiger partial charge in [-0.15, -0.1) is 0 Å². The maximum atomic E-state index is 13.9. The average molecular weight is 271 g/mol. The summed E-state index contributed by atoms with van der Waals surface area (Å²) in [7, 11) is 0. The summed E-state index contributed by atoms with van der Waals surface area (Å²) < 4.78 is 13.9. The van der Waals surface area contributed by atoms with Crippen LogP contribution in [0.2, 0.25) is 5.02 Å². The molecule has 0 radical (unpaired) electrons. The lowest BCUT2D eigenvalue weighted by atomic mass is 9.95. The molecule has 1 heterocycles. The molecule has 0 aliphatic carbocycles. The second-order valence-corrected chi connectivity index (χ2v) is 5.46. The number of piperidine rings is 1. The zero-order chi connectivity index (χ0) is 13.1. The van der Waals surface area contributed by atoms with Crippen molar-refractivity contribution in [2.75, 3.05) is 6.54 Å². The van der Waals surface area contributed by atoms with Gasteiger partial charge in [0.15, 0.2) is 0 Å². The molecule has 2 N–H and O–H groups in total. The van der Waals surface area contributed by atoms with Crippen LogP contribution in [0.25, 0.3) is 0 Å². The number of benzene rings is 1. The van der Waals surface area contributed by atoms with Crippen molar-refractivity contribution in [2.24, 2.45) is 5.73 Å². The maximum Gasteiger partial charge on any atom is 0.146 e. The Kier molecular flexibility index (Phi) is 4.60. The quantitative estimate of drug-likeness (QED) is 0.914. The number of likely N-dealkylation sites (tertiary alicyclic amines) is 1. The van der Waals surface area contributed by atoms with Gasteiger partial charge in [0, 0.05) is 30.7 Å². The van der Waals surface area contributed by atoms with Crippen LogP contribution in [-0.4, -0.2) is 23.5 Å². The van der Waals surface area contributed by atoms with E-state index in [9.17, 15) is 4.39 Å². The molecule has 2 unspecified atom stereocenters. The minimum Gasteiger partial charge on any atom is -0.329 e. The molecule has 0 saturated carbocycles. The first kappa shape index (κ1) is 13.8. The van der Waals surface area contributed by atoms with Gasteiger partial charge in [-0.05, 0) is 25.8 Å². The third kappa shape index (κ3) is 2.85. The molecular formula is C14H20ClFN2.